The molecular weight excluding hydrogens is 418 g/mol. The number of carbonyl (C=O) groups is 5. The summed E-state index contributed by atoms with van der Waals surface area (Å²) in [7, 11) is 0. The molecule has 7 N–H and O–H groups in total. The predicted molar refractivity (Wildman–Crippen MR) is 117 cm³/mol. The number of amides is 4. The molecule has 32 heavy (non-hydrogen) atoms. The van der Waals surface area contributed by atoms with Crippen LogP contribution >= 0.6 is 0 Å². The molecule has 1 fully saturated rings. The quantitative estimate of drug-likeness (QED) is 0.258. The van der Waals surface area contributed by atoms with Gasteiger partial charge < -0.3 is 32.1 Å². The molecule has 1 aliphatic rings. The molecule has 1 aliphatic heterocycles. The van der Waals surface area contributed by atoms with Gasteiger partial charge in [-0.15, -0.1) is 0 Å². The van der Waals surface area contributed by atoms with Gasteiger partial charge >= 0.3 is 5.97 Å². The second-order valence-corrected chi connectivity index (χ2v) is 8.87. The average Bonchev–Trinajstić information content (AvgIpc) is 3.18. The van der Waals surface area contributed by atoms with Crippen molar-refractivity contribution in [3.05, 3.63) is 0 Å². The van der Waals surface area contributed by atoms with Gasteiger partial charge in [-0.05, 0) is 31.1 Å². The van der Waals surface area contributed by atoms with E-state index in [2.05, 4.69) is 10.6 Å². The van der Waals surface area contributed by atoms with Crippen LogP contribution in [-0.2, 0) is 24.0 Å². The van der Waals surface area contributed by atoms with Crippen LogP contribution < -0.4 is 22.1 Å². The third-order valence-electron chi connectivity index (χ3n) is 5.69. The smallest absolute Gasteiger partial charge is 0.326 e. The van der Waals surface area contributed by atoms with Gasteiger partial charge in [0.05, 0.1) is 12.5 Å². The molecular formula is C21H37N5O6. The first-order chi connectivity index (χ1) is 14.9. The molecule has 1 saturated heterocycles. The first kappa shape index (κ1) is 27.3. The summed E-state index contributed by atoms with van der Waals surface area (Å²) in [6.07, 6.45) is 1.50. The number of likely N-dealkylation sites (tertiary alicyclic amines) is 1. The van der Waals surface area contributed by atoms with Crippen LogP contribution in [0.4, 0.5) is 0 Å². The minimum absolute atomic E-state index is 0.0493. The number of carboxylic acids is 1. The fourth-order valence-electron chi connectivity index (χ4n) is 3.72. The summed E-state index contributed by atoms with van der Waals surface area (Å²) >= 11 is 0. The Bertz CT molecular complexity index is 713. The summed E-state index contributed by atoms with van der Waals surface area (Å²) in [6.45, 7) is 7.65. The maximum Gasteiger partial charge on any atom is 0.326 e. The highest BCUT2D eigenvalue weighted by Gasteiger charge is 2.39. The third kappa shape index (κ3) is 7.77. The van der Waals surface area contributed by atoms with E-state index in [4.69, 9.17) is 11.5 Å². The number of rotatable bonds is 12. The van der Waals surface area contributed by atoms with E-state index >= 15 is 0 Å². The van der Waals surface area contributed by atoms with Gasteiger partial charge in [-0.25, -0.2) is 4.79 Å². The summed E-state index contributed by atoms with van der Waals surface area (Å²) < 4.78 is 0. The molecule has 5 atom stereocenters. The molecule has 0 radical (unpaired) electrons. The van der Waals surface area contributed by atoms with Gasteiger partial charge in [0, 0.05) is 6.54 Å². The lowest BCUT2D eigenvalue weighted by Gasteiger charge is -2.31. The minimum atomic E-state index is -1.18. The number of carbonyl (C=O) groups excluding carboxylic acids is 4. The number of nitrogens with two attached hydrogens (primary N) is 2. The first-order valence-electron chi connectivity index (χ1n) is 11.1. The van der Waals surface area contributed by atoms with Gasteiger partial charge in [0.25, 0.3) is 0 Å². The van der Waals surface area contributed by atoms with Gasteiger partial charge in [-0.1, -0.05) is 34.1 Å². The van der Waals surface area contributed by atoms with Crippen LogP contribution in [0.15, 0.2) is 0 Å². The molecule has 0 aliphatic carbocycles. The molecule has 11 heteroatoms. The molecule has 0 aromatic carbocycles. The Balaban J connectivity index is 2.98. The van der Waals surface area contributed by atoms with Crippen molar-refractivity contribution in [1.82, 2.24) is 15.5 Å². The summed E-state index contributed by atoms with van der Waals surface area (Å²) in [6, 6.07) is -3.98. The van der Waals surface area contributed by atoms with E-state index in [1.165, 1.54) is 4.90 Å². The molecule has 0 saturated carbocycles. The summed E-state index contributed by atoms with van der Waals surface area (Å²) in [5.41, 5.74) is 10.8. The van der Waals surface area contributed by atoms with Crippen LogP contribution in [0.25, 0.3) is 0 Å². The van der Waals surface area contributed by atoms with E-state index < -0.39 is 53.8 Å². The van der Waals surface area contributed by atoms with Crippen molar-refractivity contribution in [3.8, 4) is 0 Å². The van der Waals surface area contributed by atoms with Crippen molar-refractivity contribution >= 4 is 29.6 Å². The van der Waals surface area contributed by atoms with E-state index in [0.717, 1.165) is 0 Å². The Labute approximate surface area is 188 Å². The topological polar surface area (TPSA) is 185 Å². The van der Waals surface area contributed by atoms with Gasteiger partial charge in [0.15, 0.2) is 0 Å². The highest BCUT2D eigenvalue weighted by molar-refractivity contribution is 5.95. The molecule has 182 valence electrons. The lowest BCUT2D eigenvalue weighted by atomic mass is 9.98. The molecule has 0 aromatic heterocycles. The number of hydrogen-bond donors (Lipinski definition) is 5. The van der Waals surface area contributed by atoms with Crippen molar-refractivity contribution in [3.63, 3.8) is 0 Å². The standard InChI is InChI=1S/C21H37N5O6/c1-5-12(4)17(21(31)32)25-19(29)15-7-6-8-26(15)20(30)14(9-11(2)3)24-18(28)13(22)10-16(23)27/h11-15,17H,5-10,22H2,1-4H3,(H2,23,27)(H,24,28)(H,25,29)(H,31,32). The normalized spacial score (nSPS) is 19.7. The summed E-state index contributed by atoms with van der Waals surface area (Å²) in [5, 5.41) is 14.6. The van der Waals surface area contributed by atoms with Crippen molar-refractivity contribution in [2.75, 3.05) is 6.54 Å². The predicted octanol–water partition coefficient (Wildman–Crippen LogP) is -0.673. The first-order valence-corrected chi connectivity index (χ1v) is 11.1. The number of nitrogens with zero attached hydrogens (tertiary/aromatic N) is 1. The Kier molecular flexibility index (Phi) is 10.6. The third-order valence-corrected chi connectivity index (χ3v) is 5.69. The number of nitrogens with one attached hydrogen (secondary N) is 2. The number of hydrogen-bond acceptors (Lipinski definition) is 6. The number of primary amides is 1. The van der Waals surface area contributed by atoms with Crippen LogP contribution in [0.2, 0.25) is 0 Å². The lowest BCUT2D eigenvalue weighted by molar-refractivity contribution is -0.146. The Morgan fingerprint density at radius 3 is 2.25 bits per heavy atom. The molecule has 11 nitrogen and oxygen atoms in total. The average molecular weight is 456 g/mol. The molecule has 4 amide bonds. The van der Waals surface area contributed by atoms with Crippen LogP contribution in [0, 0.1) is 11.8 Å². The fraction of sp³-hybridized carbons (Fsp3) is 0.762. The molecule has 5 unspecified atom stereocenters. The maximum absolute atomic E-state index is 13.3. The zero-order valence-electron chi connectivity index (χ0n) is 19.3. The zero-order chi connectivity index (χ0) is 24.6. The highest BCUT2D eigenvalue weighted by Crippen LogP contribution is 2.21. The van der Waals surface area contributed by atoms with E-state index in [9.17, 15) is 29.1 Å². The van der Waals surface area contributed by atoms with Crippen LogP contribution in [-0.4, -0.2) is 70.3 Å². The van der Waals surface area contributed by atoms with Crippen LogP contribution in [0.3, 0.4) is 0 Å². The maximum atomic E-state index is 13.3. The zero-order valence-corrected chi connectivity index (χ0v) is 19.3. The molecule has 0 aromatic rings. The fourth-order valence-corrected chi connectivity index (χ4v) is 3.72. The lowest BCUT2D eigenvalue weighted by Crippen LogP contribution is -2.57. The molecule has 1 heterocycles. The second-order valence-electron chi connectivity index (χ2n) is 8.87. The van der Waals surface area contributed by atoms with E-state index in [-0.39, 0.29) is 18.3 Å². The van der Waals surface area contributed by atoms with Crippen molar-refractivity contribution in [1.29, 1.82) is 0 Å². The monoisotopic (exact) mass is 455 g/mol. The second kappa shape index (κ2) is 12.4. The highest BCUT2D eigenvalue weighted by atomic mass is 16.4. The summed E-state index contributed by atoms with van der Waals surface area (Å²) in [5.74, 6) is -3.72. The van der Waals surface area contributed by atoms with Gasteiger partial charge in [-0.3, -0.25) is 19.2 Å². The minimum Gasteiger partial charge on any atom is -0.480 e. The summed E-state index contributed by atoms with van der Waals surface area (Å²) in [4.78, 5) is 62.5. The van der Waals surface area contributed by atoms with E-state index in [0.29, 0.717) is 32.2 Å². The Hall–Kier alpha value is -2.69. The molecule has 1 rings (SSSR count). The molecule has 0 bridgehead atoms. The van der Waals surface area contributed by atoms with Gasteiger partial charge in [-0.2, -0.15) is 0 Å². The van der Waals surface area contributed by atoms with Crippen molar-refractivity contribution < 1.29 is 29.1 Å². The van der Waals surface area contributed by atoms with Crippen molar-refractivity contribution in [2.45, 2.75) is 84.0 Å². The van der Waals surface area contributed by atoms with E-state index in [1.807, 2.05) is 20.8 Å². The van der Waals surface area contributed by atoms with Crippen LogP contribution in [0.5, 0.6) is 0 Å². The number of aliphatic carboxylic acids is 1. The Morgan fingerprint density at radius 2 is 1.75 bits per heavy atom. The molecule has 0 spiro atoms. The Morgan fingerprint density at radius 1 is 1.12 bits per heavy atom. The largest absolute Gasteiger partial charge is 0.480 e. The van der Waals surface area contributed by atoms with Gasteiger partial charge in [0.1, 0.15) is 18.1 Å². The van der Waals surface area contributed by atoms with E-state index in [1.54, 1.807) is 6.92 Å². The van der Waals surface area contributed by atoms with Crippen molar-refractivity contribution in [2.24, 2.45) is 23.3 Å². The number of carboxylic acid groups (broad SMARTS) is 1. The SMILES string of the molecule is CCC(C)C(NC(=O)C1CCCN1C(=O)C(CC(C)C)NC(=O)C(N)CC(N)=O)C(=O)O. The van der Waals surface area contributed by atoms with Gasteiger partial charge in [0.2, 0.25) is 23.6 Å². The van der Waals surface area contributed by atoms with Crippen LogP contribution in [0.1, 0.15) is 59.8 Å².